The molecule has 0 amide bonds. The van der Waals surface area contributed by atoms with E-state index in [1.165, 1.54) is 30.5 Å². The SMILES string of the molecule is Fc1ccc(F)c(Cn2ccc(CNC3CC3)c2)c1. The fourth-order valence-corrected chi connectivity index (χ4v) is 2.10. The van der Waals surface area contributed by atoms with Crippen molar-refractivity contribution in [1.82, 2.24) is 9.88 Å². The van der Waals surface area contributed by atoms with E-state index < -0.39 is 5.82 Å². The Morgan fingerprint density at radius 2 is 2.05 bits per heavy atom. The number of rotatable bonds is 5. The molecule has 0 aliphatic heterocycles. The molecule has 1 aromatic heterocycles. The minimum atomic E-state index is -0.404. The van der Waals surface area contributed by atoms with Crippen LogP contribution in [0.25, 0.3) is 0 Å². The lowest BCUT2D eigenvalue weighted by molar-refractivity contribution is 0.577. The van der Waals surface area contributed by atoms with Gasteiger partial charge in [-0.05, 0) is 42.7 Å². The second kappa shape index (κ2) is 5.13. The summed E-state index contributed by atoms with van der Waals surface area (Å²) in [5.74, 6) is -0.771. The molecule has 1 aliphatic rings. The summed E-state index contributed by atoms with van der Waals surface area (Å²) in [7, 11) is 0. The number of halogens is 2. The maximum absolute atomic E-state index is 13.5. The first-order valence-corrected chi connectivity index (χ1v) is 6.53. The summed E-state index contributed by atoms with van der Waals surface area (Å²) >= 11 is 0. The van der Waals surface area contributed by atoms with E-state index in [1.807, 2.05) is 23.0 Å². The van der Waals surface area contributed by atoms with Crippen molar-refractivity contribution in [3.63, 3.8) is 0 Å². The van der Waals surface area contributed by atoms with Gasteiger partial charge >= 0.3 is 0 Å². The van der Waals surface area contributed by atoms with Gasteiger partial charge in [-0.1, -0.05) is 0 Å². The van der Waals surface area contributed by atoms with Crippen LogP contribution in [0, 0.1) is 11.6 Å². The van der Waals surface area contributed by atoms with Crippen LogP contribution in [0.15, 0.2) is 36.7 Å². The number of benzene rings is 1. The molecule has 2 aromatic rings. The topological polar surface area (TPSA) is 17.0 Å². The number of aromatic nitrogens is 1. The molecule has 3 rings (SSSR count). The van der Waals surface area contributed by atoms with Crippen molar-refractivity contribution in [2.45, 2.75) is 32.0 Å². The molecule has 1 saturated carbocycles. The molecule has 0 atom stereocenters. The normalized spacial score (nSPS) is 14.8. The van der Waals surface area contributed by atoms with E-state index in [0.717, 1.165) is 12.6 Å². The maximum Gasteiger partial charge on any atom is 0.128 e. The molecule has 1 heterocycles. The largest absolute Gasteiger partial charge is 0.349 e. The smallest absolute Gasteiger partial charge is 0.128 e. The average Bonchev–Trinajstić information content (AvgIpc) is 3.12. The van der Waals surface area contributed by atoms with E-state index in [4.69, 9.17) is 0 Å². The van der Waals surface area contributed by atoms with E-state index in [-0.39, 0.29) is 5.82 Å². The Balaban J connectivity index is 1.66. The minimum Gasteiger partial charge on any atom is -0.349 e. The summed E-state index contributed by atoms with van der Waals surface area (Å²) in [6.07, 6.45) is 6.39. The van der Waals surface area contributed by atoms with Crippen LogP contribution in [-0.2, 0) is 13.1 Å². The van der Waals surface area contributed by atoms with Gasteiger partial charge in [-0.2, -0.15) is 0 Å². The highest BCUT2D eigenvalue weighted by atomic mass is 19.1. The van der Waals surface area contributed by atoms with Crippen molar-refractivity contribution >= 4 is 0 Å². The van der Waals surface area contributed by atoms with Gasteiger partial charge in [-0.15, -0.1) is 0 Å². The standard InChI is InChI=1S/C15H16F2N2/c16-13-1-4-15(17)12(7-13)10-19-6-5-11(9-19)8-18-14-2-3-14/h1,4-7,9,14,18H,2-3,8,10H2. The average molecular weight is 262 g/mol. The summed E-state index contributed by atoms with van der Waals surface area (Å²) < 4.78 is 28.5. The number of hydrogen-bond donors (Lipinski definition) is 1. The first-order valence-electron chi connectivity index (χ1n) is 6.53. The molecule has 1 aromatic carbocycles. The van der Waals surface area contributed by atoms with E-state index in [9.17, 15) is 8.78 Å². The Bertz CT molecular complexity index is 573. The van der Waals surface area contributed by atoms with Gasteiger partial charge in [0.2, 0.25) is 0 Å². The summed E-state index contributed by atoms with van der Waals surface area (Å²) in [6.45, 7) is 1.19. The van der Waals surface area contributed by atoms with Crippen LogP contribution in [0.2, 0.25) is 0 Å². The predicted molar refractivity (Wildman–Crippen MR) is 69.8 cm³/mol. The summed E-state index contributed by atoms with van der Waals surface area (Å²) in [5.41, 5.74) is 1.54. The lowest BCUT2D eigenvalue weighted by Crippen LogP contribution is -2.14. The molecule has 0 saturated heterocycles. The maximum atomic E-state index is 13.5. The predicted octanol–water partition coefficient (Wildman–Crippen LogP) is 3.07. The van der Waals surface area contributed by atoms with Crippen molar-refractivity contribution in [2.24, 2.45) is 0 Å². The van der Waals surface area contributed by atoms with Crippen molar-refractivity contribution in [3.8, 4) is 0 Å². The Kier molecular flexibility index (Phi) is 3.34. The van der Waals surface area contributed by atoms with Crippen LogP contribution in [0.4, 0.5) is 8.78 Å². The van der Waals surface area contributed by atoms with Gasteiger partial charge in [-0.3, -0.25) is 0 Å². The zero-order valence-corrected chi connectivity index (χ0v) is 10.6. The molecule has 100 valence electrons. The molecule has 1 N–H and O–H groups in total. The van der Waals surface area contributed by atoms with Crippen LogP contribution < -0.4 is 5.32 Å². The molecule has 19 heavy (non-hydrogen) atoms. The molecule has 0 radical (unpaired) electrons. The molecule has 0 bridgehead atoms. The van der Waals surface area contributed by atoms with Crippen LogP contribution in [0.5, 0.6) is 0 Å². The molecule has 1 fully saturated rings. The molecule has 1 aliphatic carbocycles. The highest BCUT2D eigenvalue weighted by Gasteiger charge is 2.19. The van der Waals surface area contributed by atoms with Gasteiger partial charge in [0.15, 0.2) is 0 Å². The third kappa shape index (κ3) is 3.20. The highest BCUT2D eigenvalue weighted by Crippen LogP contribution is 2.19. The third-order valence-corrected chi connectivity index (χ3v) is 3.34. The Labute approximate surface area is 111 Å². The van der Waals surface area contributed by atoms with Gasteiger partial charge in [0, 0.05) is 37.1 Å². The number of nitrogens with one attached hydrogen (secondary N) is 1. The number of hydrogen-bond acceptors (Lipinski definition) is 1. The van der Waals surface area contributed by atoms with E-state index >= 15 is 0 Å². The molecule has 0 unspecified atom stereocenters. The quantitative estimate of drug-likeness (QED) is 0.876. The van der Waals surface area contributed by atoms with Crippen molar-refractivity contribution in [2.75, 3.05) is 0 Å². The lowest BCUT2D eigenvalue weighted by Gasteiger charge is -2.05. The van der Waals surface area contributed by atoms with Crippen LogP contribution in [-0.4, -0.2) is 10.6 Å². The van der Waals surface area contributed by atoms with Crippen molar-refractivity contribution in [3.05, 3.63) is 59.4 Å². The lowest BCUT2D eigenvalue weighted by atomic mass is 10.2. The van der Waals surface area contributed by atoms with Gasteiger partial charge in [0.05, 0.1) is 0 Å². The van der Waals surface area contributed by atoms with Gasteiger partial charge in [-0.25, -0.2) is 8.78 Å². The van der Waals surface area contributed by atoms with Crippen LogP contribution in [0.3, 0.4) is 0 Å². The Morgan fingerprint density at radius 3 is 2.84 bits per heavy atom. The summed E-state index contributed by atoms with van der Waals surface area (Å²) in [6, 6.07) is 6.23. The van der Waals surface area contributed by atoms with Gasteiger partial charge < -0.3 is 9.88 Å². The Morgan fingerprint density at radius 1 is 1.21 bits per heavy atom. The number of nitrogens with zero attached hydrogens (tertiary/aromatic N) is 1. The van der Waals surface area contributed by atoms with Crippen molar-refractivity contribution in [1.29, 1.82) is 0 Å². The minimum absolute atomic E-state index is 0.354. The van der Waals surface area contributed by atoms with Crippen molar-refractivity contribution < 1.29 is 8.78 Å². The second-order valence-electron chi connectivity index (χ2n) is 5.08. The zero-order chi connectivity index (χ0) is 13.2. The second-order valence-corrected chi connectivity index (χ2v) is 5.08. The molecular weight excluding hydrogens is 246 g/mol. The van der Waals surface area contributed by atoms with Crippen LogP contribution in [0.1, 0.15) is 24.0 Å². The zero-order valence-electron chi connectivity index (χ0n) is 10.6. The van der Waals surface area contributed by atoms with E-state index in [0.29, 0.717) is 18.2 Å². The first kappa shape index (κ1) is 12.4. The van der Waals surface area contributed by atoms with E-state index in [2.05, 4.69) is 5.32 Å². The Hall–Kier alpha value is -1.68. The molecule has 4 heteroatoms. The fourth-order valence-electron chi connectivity index (χ4n) is 2.10. The van der Waals surface area contributed by atoms with Gasteiger partial charge in [0.25, 0.3) is 0 Å². The summed E-state index contributed by atoms with van der Waals surface area (Å²) in [5, 5.41) is 3.42. The molecular formula is C15H16F2N2. The third-order valence-electron chi connectivity index (χ3n) is 3.34. The first-order chi connectivity index (χ1) is 9.20. The summed E-state index contributed by atoms with van der Waals surface area (Å²) in [4.78, 5) is 0. The fraction of sp³-hybridized carbons (Fsp3) is 0.333. The molecule has 2 nitrogen and oxygen atoms in total. The van der Waals surface area contributed by atoms with Gasteiger partial charge in [0.1, 0.15) is 11.6 Å². The van der Waals surface area contributed by atoms with Crippen LogP contribution >= 0.6 is 0 Å². The monoisotopic (exact) mass is 262 g/mol. The van der Waals surface area contributed by atoms with E-state index in [1.54, 1.807) is 0 Å². The highest BCUT2D eigenvalue weighted by molar-refractivity contribution is 5.20. The molecule has 0 spiro atoms.